The summed E-state index contributed by atoms with van der Waals surface area (Å²) in [5, 5.41) is 0. The van der Waals surface area contributed by atoms with Crippen molar-refractivity contribution in [2.45, 2.75) is 72.1 Å². The first-order chi connectivity index (χ1) is 10.9. The summed E-state index contributed by atoms with van der Waals surface area (Å²) < 4.78 is 0. The quantitative estimate of drug-likeness (QED) is 0.446. The number of rotatable bonds is 0. The van der Waals surface area contributed by atoms with Crippen LogP contribution in [0.3, 0.4) is 0 Å². The number of ketones is 1. The van der Waals surface area contributed by atoms with Crippen molar-refractivity contribution >= 4 is 5.78 Å². The molecule has 0 aromatic rings. The van der Waals surface area contributed by atoms with Crippen molar-refractivity contribution in [2.24, 2.45) is 34.5 Å². The number of terminal acetylenes is 1. The average Bonchev–Trinajstić information content (AvgIpc) is 2.83. The van der Waals surface area contributed by atoms with E-state index in [4.69, 9.17) is 6.42 Å². The minimum absolute atomic E-state index is 0.00860. The van der Waals surface area contributed by atoms with Crippen LogP contribution >= 0.6 is 0 Å². The number of hydrogen-bond acceptors (Lipinski definition) is 1. The van der Waals surface area contributed by atoms with Gasteiger partial charge in [-0.15, -0.1) is 12.3 Å². The zero-order valence-electron chi connectivity index (χ0n) is 15.0. The fourth-order valence-electron chi connectivity index (χ4n) is 7.03. The summed E-state index contributed by atoms with van der Waals surface area (Å²) in [6, 6.07) is 0. The summed E-state index contributed by atoms with van der Waals surface area (Å²) in [7, 11) is 0. The molecule has 0 aliphatic heterocycles. The molecule has 0 bridgehead atoms. The molecular formula is C22H30O. The van der Waals surface area contributed by atoms with Crippen molar-refractivity contribution in [3.63, 3.8) is 0 Å². The van der Waals surface area contributed by atoms with Gasteiger partial charge in [0, 0.05) is 17.8 Å². The van der Waals surface area contributed by atoms with Crippen molar-refractivity contribution < 1.29 is 4.79 Å². The van der Waals surface area contributed by atoms with Gasteiger partial charge in [0.1, 0.15) is 5.78 Å². The van der Waals surface area contributed by atoms with Gasteiger partial charge in [0.15, 0.2) is 0 Å². The number of allylic oxidation sites excluding steroid dienone is 2. The third-order valence-electron chi connectivity index (χ3n) is 8.41. The SMILES string of the molecule is C#CC1CC[C@@]2(C)C(=C(C)C[C@@H]3[C@H]2CC[C@]2(C)C(=O)CC[C@@H]32)C1. The van der Waals surface area contributed by atoms with E-state index >= 15 is 0 Å². The second-order valence-corrected chi connectivity index (χ2v) is 9.28. The van der Waals surface area contributed by atoms with Crippen LogP contribution in [0, 0.1) is 46.8 Å². The molecule has 6 atom stereocenters. The molecule has 124 valence electrons. The maximum absolute atomic E-state index is 12.5. The molecule has 1 nitrogen and oxygen atoms in total. The van der Waals surface area contributed by atoms with Crippen LogP contribution in [0.15, 0.2) is 11.1 Å². The van der Waals surface area contributed by atoms with Crippen molar-refractivity contribution in [3.05, 3.63) is 11.1 Å². The number of hydrogen-bond donors (Lipinski definition) is 0. The van der Waals surface area contributed by atoms with Gasteiger partial charge in [0.25, 0.3) is 0 Å². The molecule has 4 rings (SSSR count). The lowest BCUT2D eigenvalue weighted by Gasteiger charge is -2.58. The predicted octanol–water partition coefficient (Wildman–Crippen LogP) is 5.16. The molecule has 0 radical (unpaired) electrons. The Bertz CT molecular complexity index is 620. The minimum Gasteiger partial charge on any atom is -0.299 e. The summed E-state index contributed by atoms with van der Waals surface area (Å²) in [5.74, 6) is 6.16. The Morgan fingerprint density at radius 2 is 1.74 bits per heavy atom. The normalized spacial score (nSPS) is 49.2. The van der Waals surface area contributed by atoms with Crippen LogP contribution in [0.1, 0.15) is 72.1 Å². The molecule has 4 aliphatic rings. The third kappa shape index (κ3) is 1.97. The van der Waals surface area contributed by atoms with Gasteiger partial charge in [0.2, 0.25) is 0 Å². The lowest BCUT2D eigenvalue weighted by molar-refractivity contribution is -0.132. The van der Waals surface area contributed by atoms with Gasteiger partial charge in [-0.1, -0.05) is 25.0 Å². The molecule has 0 N–H and O–H groups in total. The van der Waals surface area contributed by atoms with Crippen LogP contribution in [0.5, 0.6) is 0 Å². The molecule has 0 aromatic heterocycles. The first kappa shape index (κ1) is 15.5. The molecule has 1 heteroatoms. The third-order valence-corrected chi connectivity index (χ3v) is 8.41. The van der Waals surface area contributed by atoms with Gasteiger partial charge in [0.05, 0.1) is 0 Å². The van der Waals surface area contributed by atoms with E-state index in [1.807, 2.05) is 0 Å². The van der Waals surface area contributed by atoms with Gasteiger partial charge in [-0.2, -0.15) is 0 Å². The zero-order chi connectivity index (χ0) is 16.4. The van der Waals surface area contributed by atoms with E-state index in [9.17, 15) is 4.79 Å². The molecule has 0 spiro atoms. The molecule has 0 aromatic carbocycles. The molecular weight excluding hydrogens is 280 g/mol. The highest BCUT2D eigenvalue weighted by Gasteiger charge is 2.59. The Kier molecular flexibility index (Phi) is 3.36. The first-order valence-electron chi connectivity index (χ1n) is 9.58. The minimum atomic E-state index is -0.00860. The van der Waals surface area contributed by atoms with E-state index in [-0.39, 0.29) is 5.41 Å². The standard InChI is InChI=1S/C22H30O/c1-5-15-8-10-21(3)18-9-11-22(4)17(6-7-20(22)23)16(18)12-14(2)19(21)13-15/h1,15-18H,6-13H2,2-4H3/t15?,16-,17-,18+,21+,22-/m0/s1. The van der Waals surface area contributed by atoms with E-state index in [0.717, 1.165) is 37.5 Å². The Balaban J connectivity index is 1.73. The number of fused-ring (bicyclic) bond motifs is 5. The summed E-state index contributed by atoms with van der Waals surface area (Å²) >= 11 is 0. The number of Topliss-reactive ketones (excluding diaryl/α,β-unsaturated/α-hetero) is 1. The van der Waals surface area contributed by atoms with Crippen LogP contribution in [0.2, 0.25) is 0 Å². The number of carbonyl (C=O) groups is 1. The lowest BCUT2D eigenvalue weighted by Crippen LogP contribution is -2.50. The predicted molar refractivity (Wildman–Crippen MR) is 93.7 cm³/mol. The van der Waals surface area contributed by atoms with E-state index < -0.39 is 0 Å². The van der Waals surface area contributed by atoms with Crippen LogP contribution in [0.25, 0.3) is 0 Å². The molecule has 3 fully saturated rings. The molecule has 0 amide bonds. The van der Waals surface area contributed by atoms with Crippen LogP contribution < -0.4 is 0 Å². The fourth-order valence-corrected chi connectivity index (χ4v) is 7.03. The van der Waals surface area contributed by atoms with E-state index in [2.05, 4.69) is 26.7 Å². The smallest absolute Gasteiger partial charge is 0.139 e. The van der Waals surface area contributed by atoms with Crippen LogP contribution in [-0.2, 0) is 4.79 Å². The summed E-state index contributed by atoms with van der Waals surface area (Å²) in [6.45, 7) is 7.15. The van der Waals surface area contributed by atoms with Crippen molar-refractivity contribution in [1.82, 2.24) is 0 Å². The van der Waals surface area contributed by atoms with Gasteiger partial charge in [-0.3, -0.25) is 4.79 Å². The van der Waals surface area contributed by atoms with Crippen molar-refractivity contribution in [2.75, 3.05) is 0 Å². The van der Waals surface area contributed by atoms with Gasteiger partial charge >= 0.3 is 0 Å². The Morgan fingerprint density at radius 1 is 1.04 bits per heavy atom. The maximum atomic E-state index is 12.5. The van der Waals surface area contributed by atoms with E-state index in [1.54, 1.807) is 11.1 Å². The largest absolute Gasteiger partial charge is 0.299 e. The van der Waals surface area contributed by atoms with Crippen LogP contribution in [0.4, 0.5) is 0 Å². The maximum Gasteiger partial charge on any atom is 0.139 e. The zero-order valence-corrected chi connectivity index (χ0v) is 15.0. The lowest BCUT2D eigenvalue weighted by atomic mass is 9.46. The Morgan fingerprint density at radius 3 is 2.48 bits per heavy atom. The molecule has 23 heavy (non-hydrogen) atoms. The second-order valence-electron chi connectivity index (χ2n) is 9.28. The molecule has 3 saturated carbocycles. The second kappa shape index (κ2) is 4.98. The Labute approximate surface area is 141 Å². The fraction of sp³-hybridized carbons (Fsp3) is 0.773. The summed E-state index contributed by atoms with van der Waals surface area (Å²) in [4.78, 5) is 12.5. The number of carbonyl (C=O) groups excluding carboxylic acids is 1. The van der Waals surface area contributed by atoms with Crippen molar-refractivity contribution in [1.29, 1.82) is 0 Å². The topological polar surface area (TPSA) is 17.1 Å². The molecule has 0 saturated heterocycles. The molecule has 0 heterocycles. The van der Waals surface area contributed by atoms with Gasteiger partial charge < -0.3 is 0 Å². The van der Waals surface area contributed by atoms with Crippen LogP contribution in [-0.4, -0.2) is 5.78 Å². The van der Waals surface area contributed by atoms with Gasteiger partial charge in [-0.25, -0.2) is 0 Å². The highest BCUT2D eigenvalue weighted by Crippen LogP contribution is 2.65. The molecule has 1 unspecified atom stereocenters. The van der Waals surface area contributed by atoms with E-state index in [1.165, 1.54) is 25.7 Å². The highest BCUT2D eigenvalue weighted by molar-refractivity contribution is 5.87. The first-order valence-corrected chi connectivity index (χ1v) is 9.58. The van der Waals surface area contributed by atoms with Crippen molar-refractivity contribution in [3.8, 4) is 12.3 Å². The average molecular weight is 310 g/mol. The highest BCUT2D eigenvalue weighted by atomic mass is 16.1. The monoisotopic (exact) mass is 310 g/mol. The molecule has 4 aliphatic carbocycles. The summed E-state index contributed by atoms with van der Waals surface area (Å²) in [6.07, 6.45) is 14.9. The summed E-state index contributed by atoms with van der Waals surface area (Å²) in [5.41, 5.74) is 3.65. The van der Waals surface area contributed by atoms with Gasteiger partial charge in [-0.05, 0) is 75.0 Å². The Hall–Kier alpha value is -1.03. The van der Waals surface area contributed by atoms with E-state index in [0.29, 0.717) is 23.0 Å².